The van der Waals surface area contributed by atoms with Crippen molar-refractivity contribution < 1.29 is 22.6 Å². The minimum Gasteiger partial charge on any atom is -0.497 e. The minimum atomic E-state index is -4.70. The first-order chi connectivity index (χ1) is 12.8. The third-order valence-electron chi connectivity index (χ3n) is 4.11. The molecule has 3 rings (SSSR count). The highest BCUT2D eigenvalue weighted by atomic mass is 35.5. The average molecular weight is 393 g/mol. The van der Waals surface area contributed by atoms with Crippen molar-refractivity contribution in [2.45, 2.75) is 11.1 Å². The van der Waals surface area contributed by atoms with Gasteiger partial charge in [-0.1, -0.05) is 54.1 Å². The Bertz CT molecular complexity index is 878. The highest BCUT2D eigenvalue weighted by Gasteiger charge is 2.56. The maximum absolute atomic E-state index is 13.9. The summed E-state index contributed by atoms with van der Waals surface area (Å²) in [7, 11) is 1.44. The van der Waals surface area contributed by atoms with Gasteiger partial charge in [0, 0.05) is 0 Å². The molecule has 0 N–H and O–H groups in total. The molecular weight excluding hydrogens is 377 g/mol. The summed E-state index contributed by atoms with van der Waals surface area (Å²) in [6, 6.07) is 20.1. The first-order valence-corrected chi connectivity index (χ1v) is 8.46. The Labute approximate surface area is 160 Å². The number of rotatable bonds is 5. The fourth-order valence-electron chi connectivity index (χ4n) is 2.69. The Hall–Kier alpha value is -2.66. The minimum absolute atomic E-state index is 0.0887. The molecule has 0 heterocycles. The van der Waals surface area contributed by atoms with Crippen LogP contribution >= 0.6 is 11.6 Å². The molecule has 0 aliphatic heterocycles. The quantitative estimate of drug-likeness (QED) is 0.459. The van der Waals surface area contributed by atoms with Crippen LogP contribution in [0, 0.1) is 0 Å². The summed E-state index contributed by atoms with van der Waals surface area (Å²) in [6.07, 6.45) is -4.70. The molecule has 3 aromatic rings. The zero-order valence-electron chi connectivity index (χ0n) is 14.3. The predicted octanol–water partition coefficient (Wildman–Crippen LogP) is 6.53. The molecule has 3 aromatic carbocycles. The van der Waals surface area contributed by atoms with Gasteiger partial charge in [0.25, 0.3) is 0 Å². The molecule has 0 radical (unpaired) electrons. The molecule has 0 fully saturated rings. The summed E-state index contributed by atoms with van der Waals surface area (Å²) in [5, 5.41) is 0. The molecule has 0 aliphatic rings. The van der Waals surface area contributed by atoms with E-state index in [1.165, 1.54) is 55.6 Å². The number of hydrogen-bond donors (Lipinski definition) is 0. The van der Waals surface area contributed by atoms with E-state index >= 15 is 0 Å². The van der Waals surface area contributed by atoms with Crippen LogP contribution in [0.3, 0.4) is 0 Å². The zero-order chi connectivity index (χ0) is 19.5. The SMILES string of the molecule is COc1ccc(C(Cl)(c2ccc(Oc3ccccc3)cc2)C(F)(F)F)cc1. The van der Waals surface area contributed by atoms with Crippen molar-refractivity contribution in [3.8, 4) is 17.2 Å². The molecule has 27 heavy (non-hydrogen) atoms. The fraction of sp³-hybridized carbons (Fsp3) is 0.143. The molecule has 0 saturated heterocycles. The number of hydrogen-bond acceptors (Lipinski definition) is 2. The molecule has 0 aliphatic carbocycles. The Balaban J connectivity index is 1.95. The van der Waals surface area contributed by atoms with E-state index in [0.717, 1.165) is 0 Å². The zero-order valence-corrected chi connectivity index (χ0v) is 15.1. The van der Waals surface area contributed by atoms with Gasteiger partial charge in [-0.05, 0) is 47.5 Å². The van der Waals surface area contributed by atoms with Crippen molar-refractivity contribution in [3.63, 3.8) is 0 Å². The van der Waals surface area contributed by atoms with Crippen molar-refractivity contribution in [3.05, 3.63) is 90.0 Å². The van der Waals surface area contributed by atoms with Gasteiger partial charge in [-0.15, -0.1) is 0 Å². The maximum atomic E-state index is 13.9. The van der Waals surface area contributed by atoms with Crippen LogP contribution in [0.4, 0.5) is 13.2 Å². The monoisotopic (exact) mass is 392 g/mol. The van der Waals surface area contributed by atoms with E-state index in [2.05, 4.69) is 0 Å². The van der Waals surface area contributed by atoms with Crippen LogP contribution in [0.25, 0.3) is 0 Å². The summed E-state index contributed by atoms with van der Waals surface area (Å²) >= 11 is 6.17. The van der Waals surface area contributed by atoms with E-state index in [9.17, 15) is 13.2 Å². The van der Waals surface area contributed by atoms with Gasteiger partial charge in [0.2, 0.25) is 0 Å². The lowest BCUT2D eigenvalue weighted by Crippen LogP contribution is -2.38. The molecule has 0 amide bonds. The molecule has 6 heteroatoms. The Kier molecular flexibility index (Phi) is 5.33. The van der Waals surface area contributed by atoms with Gasteiger partial charge in [-0.2, -0.15) is 13.2 Å². The number of para-hydroxylation sites is 1. The number of halogens is 4. The second kappa shape index (κ2) is 7.53. The Morgan fingerprint density at radius 1 is 0.667 bits per heavy atom. The van der Waals surface area contributed by atoms with Crippen molar-refractivity contribution in [1.82, 2.24) is 0 Å². The molecule has 2 nitrogen and oxygen atoms in total. The summed E-state index contributed by atoms with van der Waals surface area (Å²) in [5.74, 6) is 1.46. The second-order valence-electron chi connectivity index (χ2n) is 5.82. The first kappa shape index (κ1) is 19.1. The average Bonchev–Trinajstić information content (AvgIpc) is 2.68. The van der Waals surface area contributed by atoms with Crippen LogP contribution in [0.15, 0.2) is 78.9 Å². The summed E-state index contributed by atoms with van der Waals surface area (Å²) < 4.78 is 52.4. The van der Waals surface area contributed by atoms with Gasteiger partial charge in [0.15, 0.2) is 4.87 Å². The van der Waals surface area contributed by atoms with Crippen LogP contribution in [0.1, 0.15) is 11.1 Å². The molecule has 0 saturated carbocycles. The molecular formula is C21H16ClF3O2. The second-order valence-corrected chi connectivity index (χ2v) is 6.39. The van der Waals surface area contributed by atoms with Gasteiger partial charge in [0.05, 0.1) is 7.11 Å². The van der Waals surface area contributed by atoms with E-state index in [1.54, 1.807) is 24.3 Å². The van der Waals surface area contributed by atoms with Crippen molar-refractivity contribution in [2.24, 2.45) is 0 Å². The lowest BCUT2D eigenvalue weighted by molar-refractivity contribution is -0.154. The van der Waals surface area contributed by atoms with Crippen LogP contribution in [-0.2, 0) is 4.87 Å². The maximum Gasteiger partial charge on any atom is 0.415 e. The van der Waals surface area contributed by atoms with Crippen molar-refractivity contribution in [1.29, 1.82) is 0 Å². The van der Waals surface area contributed by atoms with E-state index in [-0.39, 0.29) is 11.1 Å². The van der Waals surface area contributed by atoms with Gasteiger partial charge >= 0.3 is 6.18 Å². The lowest BCUT2D eigenvalue weighted by Gasteiger charge is -2.31. The van der Waals surface area contributed by atoms with E-state index in [4.69, 9.17) is 21.1 Å². The molecule has 140 valence electrons. The molecule has 1 unspecified atom stereocenters. The van der Waals surface area contributed by atoms with Gasteiger partial charge in [0.1, 0.15) is 17.2 Å². The molecule has 0 bridgehead atoms. The standard InChI is InChI=1S/C21H16ClF3O2/c1-26-17-11-7-15(8-12-17)20(22,21(23,24)25)16-9-13-19(14-10-16)27-18-5-3-2-4-6-18/h2-14H,1H3. The predicted molar refractivity (Wildman–Crippen MR) is 98.6 cm³/mol. The topological polar surface area (TPSA) is 18.5 Å². The number of benzene rings is 3. The molecule has 0 spiro atoms. The molecule has 0 aromatic heterocycles. The fourth-order valence-corrected chi connectivity index (χ4v) is 2.94. The third-order valence-corrected chi connectivity index (χ3v) is 4.76. The van der Waals surface area contributed by atoms with Gasteiger partial charge in [-0.3, -0.25) is 0 Å². The normalized spacial score (nSPS) is 13.7. The van der Waals surface area contributed by atoms with Crippen LogP contribution < -0.4 is 9.47 Å². The number of alkyl halides is 4. The Morgan fingerprint density at radius 2 is 1.11 bits per heavy atom. The van der Waals surface area contributed by atoms with Crippen LogP contribution in [0.5, 0.6) is 17.2 Å². The van der Waals surface area contributed by atoms with Crippen molar-refractivity contribution >= 4 is 11.6 Å². The van der Waals surface area contributed by atoms with E-state index < -0.39 is 11.1 Å². The first-order valence-electron chi connectivity index (χ1n) is 8.08. The highest BCUT2D eigenvalue weighted by molar-refractivity contribution is 6.26. The van der Waals surface area contributed by atoms with E-state index in [0.29, 0.717) is 17.2 Å². The third kappa shape index (κ3) is 3.88. The van der Waals surface area contributed by atoms with Crippen LogP contribution in [-0.4, -0.2) is 13.3 Å². The number of ether oxygens (including phenoxy) is 2. The summed E-state index contributed by atoms with van der Waals surface area (Å²) in [5.41, 5.74) is -0.184. The van der Waals surface area contributed by atoms with Gasteiger partial charge in [-0.25, -0.2) is 0 Å². The summed E-state index contributed by atoms with van der Waals surface area (Å²) in [4.78, 5) is -2.68. The summed E-state index contributed by atoms with van der Waals surface area (Å²) in [6.45, 7) is 0. The largest absolute Gasteiger partial charge is 0.497 e. The van der Waals surface area contributed by atoms with Gasteiger partial charge < -0.3 is 9.47 Å². The smallest absolute Gasteiger partial charge is 0.415 e. The van der Waals surface area contributed by atoms with E-state index in [1.807, 2.05) is 6.07 Å². The molecule has 1 atom stereocenters. The van der Waals surface area contributed by atoms with Crippen LogP contribution in [0.2, 0.25) is 0 Å². The Morgan fingerprint density at radius 3 is 1.56 bits per heavy atom. The van der Waals surface area contributed by atoms with Crippen molar-refractivity contribution in [2.75, 3.05) is 7.11 Å². The number of methoxy groups -OCH3 is 1. The highest BCUT2D eigenvalue weighted by Crippen LogP contribution is 2.50. The lowest BCUT2D eigenvalue weighted by atomic mass is 9.89.